The molecule has 0 bridgehead atoms. The Hall–Kier alpha value is -6.70. The van der Waals surface area contributed by atoms with Crippen LogP contribution < -0.4 is 23.7 Å². The van der Waals surface area contributed by atoms with E-state index in [9.17, 15) is 53.7 Å². The maximum absolute atomic E-state index is 12.9. The lowest BCUT2D eigenvalue weighted by Gasteiger charge is -2.45. The molecule has 3 aliphatic heterocycles. The first kappa shape index (κ1) is 51.3. The Morgan fingerprint density at radius 3 is 1.70 bits per heavy atom. The van der Waals surface area contributed by atoms with Crippen molar-refractivity contribution >= 4 is 53.5 Å². The maximum atomic E-state index is 12.9. The third-order valence-electron chi connectivity index (χ3n) is 9.51. The van der Waals surface area contributed by atoms with Crippen molar-refractivity contribution in [1.82, 2.24) is 0 Å². The molecule has 3 aliphatic rings. The lowest BCUT2D eigenvalue weighted by Crippen LogP contribution is -2.62. The minimum Gasteiger partial charge on any atom is -0.478 e. The van der Waals surface area contributed by atoms with Gasteiger partial charge in [0.15, 0.2) is 66.1 Å². The van der Waals surface area contributed by atoms with E-state index in [0.717, 1.165) is 67.5 Å². The van der Waals surface area contributed by atoms with Crippen LogP contribution in [-0.4, -0.2) is 131 Å². The highest BCUT2D eigenvalue weighted by atomic mass is 16.7. The van der Waals surface area contributed by atoms with Gasteiger partial charge in [-0.3, -0.25) is 38.4 Å². The van der Waals surface area contributed by atoms with Gasteiger partial charge in [0.2, 0.25) is 0 Å². The molecule has 0 spiro atoms. The smallest absolute Gasteiger partial charge is 0.308 e. The summed E-state index contributed by atoms with van der Waals surface area (Å²) in [5.41, 5.74) is -0.298. The van der Waals surface area contributed by atoms with Crippen molar-refractivity contribution in [3.63, 3.8) is 0 Å². The number of rotatable bonds is 14. The Morgan fingerprint density at radius 2 is 1.12 bits per heavy atom. The summed E-state index contributed by atoms with van der Waals surface area (Å²) in [6.07, 6.45) is -18.6. The van der Waals surface area contributed by atoms with Gasteiger partial charge in [0.1, 0.15) is 35.6 Å². The summed E-state index contributed by atoms with van der Waals surface area (Å²) >= 11 is 0. The fourth-order valence-electron chi connectivity index (χ4n) is 7.14. The molecule has 0 amide bonds. The number of aliphatic hydroxyl groups is 3. The number of fused-ring (bicyclic) bond motifs is 1. The topological polar surface area (TPSA) is 317 Å². The molecular weight excluding hydrogens is 900 g/mol. The van der Waals surface area contributed by atoms with E-state index < -0.39 is 133 Å². The van der Waals surface area contributed by atoms with Gasteiger partial charge in [-0.05, 0) is 25.1 Å². The molecule has 0 aliphatic carbocycles. The lowest BCUT2D eigenvalue weighted by molar-refractivity contribution is -0.326. The number of carbonyl (C=O) groups is 8. The minimum atomic E-state index is -2.18. The molecule has 2 aromatic carbocycles. The van der Waals surface area contributed by atoms with Crippen molar-refractivity contribution in [2.45, 2.75) is 130 Å². The number of aliphatic hydroxyl groups excluding tert-OH is 3. The quantitative estimate of drug-likeness (QED) is 0.136. The van der Waals surface area contributed by atoms with Crippen LogP contribution in [0.15, 0.2) is 36.1 Å². The van der Waals surface area contributed by atoms with Crippen LogP contribution in [0.4, 0.5) is 0 Å². The molecule has 24 heteroatoms. The van der Waals surface area contributed by atoms with Gasteiger partial charge < -0.3 is 76.9 Å². The normalized spacial score (nSPS) is 26.6. The summed E-state index contributed by atoms with van der Waals surface area (Å²) in [7, 11) is 0. The highest BCUT2D eigenvalue weighted by Gasteiger charge is 2.53. The Bertz CT molecular complexity index is 2300. The molecule has 0 saturated carbocycles. The molecule has 67 heavy (non-hydrogen) atoms. The highest BCUT2D eigenvalue weighted by molar-refractivity contribution is 5.79. The van der Waals surface area contributed by atoms with E-state index in [-0.39, 0.29) is 39.9 Å². The standard InChI is InChI=1S/C43H48O24/c1-16-35(61-21(6)48)39(63-23(8)50)41(64-24(9)51)43(56-16)55-15-31-33(52)34(53)38(42(54)66-31)67-40-36(25-10-11-27(58-18(3)45)28(12-25)59-19(4)46)65-30-14-26(57-17(2)44)13-29(60-20(5)47)32(30)37(40)62-22(7)49/h10-14,16,31,33-35,37-39,41-43,52-54H,15H2,1-9H3/t16-,31+,33+,34-,35-,37?,38+,39+,41+,42+,43+/m0/s1. The summed E-state index contributed by atoms with van der Waals surface area (Å²) in [4.78, 5) is 97.6. The monoisotopic (exact) mass is 948 g/mol. The second-order valence-corrected chi connectivity index (χ2v) is 15.0. The Morgan fingerprint density at radius 1 is 0.567 bits per heavy atom. The molecule has 2 aromatic rings. The van der Waals surface area contributed by atoms with Gasteiger partial charge >= 0.3 is 47.8 Å². The van der Waals surface area contributed by atoms with Gasteiger partial charge in [-0.15, -0.1) is 0 Å². The van der Waals surface area contributed by atoms with Gasteiger partial charge in [-0.1, -0.05) is 0 Å². The average Bonchev–Trinajstić information content (AvgIpc) is 3.19. The summed E-state index contributed by atoms with van der Waals surface area (Å²) in [5.74, 6) is -9.15. The summed E-state index contributed by atoms with van der Waals surface area (Å²) < 4.78 is 72.8. The van der Waals surface area contributed by atoms with Gasteiger partial charge in [0.05, 0.1) is 18.3 Å². The van der Waals surface area contributed by atoms with Crippen LogP contribution in [0.1, 0.15) is 79.5 Å². The van der Waals surface area contributed by atoms with E-state index in [1.54, 1.807) is 0 Å². The number of carbonyl (C=O) groups excluding carboxylic acids is 8. The molecule has 0 radical (unpaired) electrons. The van der Waals surface area contributed by atoms with Gasteiger partial charge in [0, 0.05) is 73.1 Å². The molecule has 3 heterocycles. The highest BCUT2D eigenvalue weighted by Crippen LogP contribution is 2.51. The predicted octanol–water partition coefficient (Wildman–Crippen LogP) is 1.13. The number of hydrogen-bond donors (Lipinski definition) is 3. The van der Waals surface area contributed by atoms with E-state index in [0.29, 0.717) is 0 Å². The number of hydrogen-bond acceptors (Lipinski definition) is 24. The van der Waals surface area contributed by atoms with Crippen LogP contribution >= 0.6 is 0 Å². The lowest BCUT2D eigenvalue weighted by atomic mass is 9.96. The first-order valence-electron chi connectivity index (χ1n) is 20.2. The van der Waals surface area contributed by atoms with Crippen LogP contribution in [0.25, 0.3) is 5.76 Å². The summed E-state index contributed by atoms with van der Waals surface area (Å²) in [6, 6.07) is 5.92. The van der Waals surface area contributed by atoms with Crippen molar-refractivity contribution < 1.29 is 115 Å². The maximum Gasteiger partial charge on any atom is 0.308 e. The second-order valence-electron chi connectivity index (χ2n) is 15.0. The van der Waals surface area contributed by atoms with Crippen molar-refractivity contribution in [2.75, 3.05) is 6.61 Å². The van der Waals surface area contributed by atoms with Crippen molar-refractivity contribution in [3.05, 3.63) is 47.2 Å². The van der Waals surface area contributed by atoms with E-state index in [1.807, 2.05) is 0 Å². The summed E-state index contributed by atoms with van der Waals surface area (Å²) in [5, 5.41) is 34.6. The third-order valence-corrected chi connectivity index (χ3v) is 9.51. The Balaban J connectivity index is 1.56. The molecule has 11 atom stereocenters. The molecule has 1 unspecified atom stereocenters. The number of ether oxygens (including phenoxy) is 13. The predicted molar refractivity (Wildman–Crippen MR) is 215 cm³/mol. The first-order chi connectivity index (χ1) is 31.4. The molecule has 2 saturated heterocycles. The number of esters is 8. The molecular formula is C43H48O24. The zero-order valence-electron chi connectivity index (χ0n) is 37.4. The Labute approximate surface area is 380 Å². The fourth-order valence-corrected chi connectivity index (χ4v) is 7.14. The van der Waals surface area contributed by atoms with E-state index in [2.05, 4.69) is 0 Å². The summed E-state index contributed by atoms with van der Waals surface area (Å²) in [6.45, 7) is 9.22. The minimum absolute atomic E-state index is 0.0727. The average molecular weight is 949 g/mol. The van der Waals surface area contributed by atoms with Crippen LogP contribution in [0.5, 0.6) is 28.7 Å². The molecule has 2 fully saturated rings. The molecule has 24 nitrogen and oxygen atoms in total. The third kappa shape index (κ3) is 12.8. The molecule has 5 rings (SSSR count). The SMILES string of the molecule is CC(=O)Oc1cc(OC(C)=O)c2c(c1)OC(c1ccc(OC(C)=O)c(OC(C)=O)c1)=C(O[C@@H]1[C@@H](O)[C@H](O)[C@@H](CO[C@@H]3O[C@@H](C)[C@H](OC(C)=O)[C@@H](OC(C)=O)[C@H]3OC(C)=O)O[C@H]1O)C2OC(C)=O. The van der Waals surface area contributed by atoms with Crippen LogP contribution in [0.3, 0.4) is 0 Å². The van der Waals surface area contributed by atoms with Crippen molar-refractivity contribution in [3.8, 4) is 28.7 Å². The van der Waals surface area contributed by atoms with Crippen LogP contribution in [0.2, 0.25) is 0 Å². The molecule has 0 aromatic heterocycles. The zero-order valence-corrected chi connectivity index (χ0v) is 37.4. The first-order valence-corrected chi connectivity index (χ1v) is 20.2. The van der Waals surface area contributed by atoms with Crippen LogP contribution in [0, 0.1) is 0 Å². The van der Waals surface area contributed by atoms with Gasteiger partial charge in [-0.25, -0.2) is 0 Å². The largest absolute Gasteiger partial charge is 0.478 e. The molecule has 3 N–H and O–H groups in total. The zero-order chi connectivity index (χ0) is 49.6. The van der Waals surface area contributed by atoms with E-state index >= 15 is 0 Å². The van der Waals surface area contributed by atoms with Gasteiger partial charge in [-0.2, -0.15) is 0 Å². The second kappa shape index (κ2) is 21.7. The Kier molecular flexibility index (Phi) is 16.6. The van der Waals surface area contributed by atoms with E-state index in [4.69, 9.17) is 61.6 Å². The van der Waals surface area contributed by atoms with Crippen LogP contribution in [-0.2, 0) is 76.3 Å². The molecule has 364 valence electrons. The van der Waals surface area contributed by atoms with E-state index in [1.165, 1.54) is 25.1 Å². The van der Waals surface area contributed by atoms with Crippen molar-refractivity contribution in [1.29, 1.82) is 0 Å². The number of benzene rings is 2. The fraction of sp³-hybridized carbons (Fsp3) is 0.488. The van der Waals surface area contributed by atoms with Gasteiger partial charge in [0.25, 0.3) is 0 Å². The van der Waals surface area contributed by atoms with Crippen molar-refractivity contribution in [2.24, 2.45) is 0 Å².